The summed E-state index contributed by atoms with van der Waals surface area (Å²) in [5.41, 5.74) is 1.44. The third kappa shape index (κ3) is 3.55. The number of nitrogens with zero attached hydrogens (tertiary/aromatic N) is 1. The molecular formula is C13H15NO. The van der Waals surface area contributed by atoms with Crippen molar-refractivity contribution in [2.24, 2.45) is 5.92 Å². The maximum absolute atomic E-state index is 11.6. The average Bonchev–Trinajstić information content (AvgIpc) is 2.17. The highest BCUT2D eigenvalue weighted by molar-refractivity contribution is 5.82. The summed E-state index contributed by atoms with van der Waals surface area (Å²) in [7, 11) is 0. The van der Waals surface area contributed by atoms with E-state index in [1.54, 1.807) is 6.07 Å². The van der Waals surface area contributed by atoms with Gasteiger partial charge in [-0.1, -0.05) is 38.1 Å². The van der Waals surface area contributed by atoms with Gasteiger partial charge in [0.05, 0.1) is 6.57 Å². The number of carbonyl (C=O) groups excluding carboxylic acids is 1. The number of benzene rings is 1. The lowest BCUT2D eigenvalue weighted by atomic mass is 10.0. The lowest BCUT2D eigenvalue weighted by molar-refractivity contribution is -0.119. The fourth-order valence-electron chi connectivity index (χ4n) is 1.51. The molecule has 1 rings (SSSR count). The molecule has 0 aliphatic rings. The minimum Gasteiger partial charge on any atom is -0.299 e. The number of rotatable bonds is 4. The Morgan fingerprint density at radius 1 is 1.40 bits per heavy atom. The standard InChI is InChI=1S/C13H15NO/c1-10(2)8-12(15)9-11-6-4-5-7-13(11)14-3/h4-7,10H,8-9H2,1-2H3. The van der Waals surface area contributed by atoms with Crippen LogP contribution in [-0.4, -0.2) is 5.78 Å². The van der Waals surface area contributed by atoms with Crippen LogP contribution >= 0.6 is 0 Å². The van der Waals surface area contributed by atoms with Crippen molar-refractivity contribution in [3.63, 3.8) is 0 Å². The molecule has 0 N–H and O–H groups in total. The van der Waals surface area contributed by atoms with Crippen molar-refractivity contribution in [1.82, 2.24) is 0 Å². The molecule has 0 aromatic heterocycles. The summed E-state index contributed by atoms with van der Waals surface area (Å²) in [6.45, 7) is 11.0. The molecule has 0 amide bonds. The second-order valence-corrected chi connectivity index (χ2v) is 4.05. The summed E-state index contributed by atoms with van der Waals surface area (Å²) in [6.07, 6.45) is 0.975. The first-order chi connectivity index (χ1) is 7.13. The summed E-state index contributed by atoms with van der Waals surface area (Å²) in [5, 5.41) is 0. The van der Waals surface area contributed by atoms with E-state index in [0.717, 1.165) is 5.56 Å². The summed E-state index contributed by atoms with van der Waals surface area (Å²) in [4.78, 5) is 15.0. The number of para-hydroxylation sites is 1. The molecule has 0 saturated carbocycles. The summed E-state index contributed by atoms with van der Waals surface area (Å²) >= 11 is 0. The third-order valence-electron chi connectivity index (χ3n) is 2.14. The predicted molar refractivity (Wildman–Crippen MR) is 60.9 cm³/mol. The second kappa shape index (κ2) is 5.31. The van der Waals surface area contributed by atoms with Gasteiger partial charge in [0.25, 0.3) is 0 Å². The summed E-state index contributed by atoms with van der Waals surface area (Å²) in [5.74, 6) is 0.596. The van der Waals surface area contributed by atoms with Crippen molar-refractivity contribution in [2.45, 2.75) is 26.7 Å². The number of hydrogen-bond acceptors (Lipinski definition) is 1. The fraction of sp³-hybridized carbons (Fsp3) is 0.385. The van der Waals surface area contributed by atoms with Crippen LogP contribution in [0.25, 0.3) is 4.85 Å². The highest BCUT2D eigenvalue weighted by Crippen LogP contribution is 2.20. The molecule has 2 heteroatoms. The van der Waals surface area contributed by atoms with Gasteiger partial charge in [0, 0.05) is 12.8 Å². The van der Waals surface area contributed by atoms with Crippen LogP contribution in [0.15, 0.2) is 24.3 Å². The third-order valence-corrected chi connectivity index (χ3v) is 2.14. The van der Waals surface area contributed by atoms with Crippen LogP contribution in [0.4, 0.5) is 5.69 Å². The smallest absolute Gasteiger partial charge is 0.190 e. The Bertz CT molecular complexity index is 388. The van der Waals surface area contributed by atoms with E-state index in [0.29, 0.717) is 24.4 Å². The Morgan fingerprint density at radius 3 is 2.67 bits per heavy atom. The van der Waals surface area contributed by atoms with Crippen LogP contribution in [0.5, 0.6) is 0 Å². The van der Waals surface area contributed by atoms with Crippen LogP contribution < -0.4 is 0 Å². The zero-order valence-corrected chi connectivity index (χ0v) is 9.16. The topological polar surface area (TPSA) is 21.4 Å². The zero-order chi connectivity index (χ0) is 11.3. The monoisotopic (exact) mass is 201 g/mol. The molecule has 0 spiro atoms. The molecule has 0 atom stereocenters. The molecule has 15 heavy (non-hydrogen) atoms. The van der Waals surface area contributed by atoms with Gasteiger partial charge in [0.1, 0.15) is 5.78 Å². The molecule has 0 saturated heterocycles. The van der Waals surface area contributed by atoms with Crippen molar-refractivity contribution in [3.05, 3.63) is 41.2 Å². The van der Waals surface area contributed by atoms with E-state index in [2.05, 4.69) is 4.85 Å². The van der Waals surface area contributed by atoms with E-state index >= 15 is 0 Å². The normalized spacial score (nSPS) is 10.0. The maximum atomic E-state index is 11.6. The molecule has 0 radical (unpaired) electrons. The van der Waals surface area contributed by atoms with Crippen molar-refractivity contribution >= 4 is 11.5 Å². The number of hydrogen-bond donors (Lipinski definition) is 0. The zero-order valence-electron chi connectivity index (χ0n) is 9.16. The molecule has 0 aliphatic heterocycles. The highest BCUT2D eigenvalue weighted by atomic mass is 16.1. The highest BCUT2D eigenvalue weighted by Gasteiger charge is 2.08. The van der Waals surface area contributed by atoms with Gasteiger partial charge in [0.2, 0.25) is 0 Å². The Kier molecular flexibility index (Phi) is 4.05. The SMILES string of the molecule is [C-]#[N+]c1ccccc1CC(=O)CC(C)C. The van der Waals surface area contributed by atoms with Crippen LogP contribution in [0.1, 0.15) is 25.8 Å². The first-order valence-corrected chi connectivity index (χ1v) is 5.10. The van der Waals surface area contributed by atoms with E-state index in [4.69, 9.17) is 6.57 Å². The van der Waals surface area contributed by atoms with Crippen molar-refractivity contribution in [3.8, 4) is 0 Å². The number of ketones is 1. The lowest BCUT2D eigenvalue weighted by Crippen LogP contribution is -2.06. The van der Waals surface area contributed by atoms with Gasteiger partial charge in [-0.05, 0) is 11.5 Å². The molecule has 1 aromatic carbocycles. The lowest BCUT2D eigenvalue weighted by Gasteiger charge is -2.05. The number of carbonyl (C=O) groups is 1. The first-order valence-electron chi connectivity index (χ1n) is 5.10. The molecule has 0 heterocycles. The minimum absolute atomic E-state index is 0.209. The Balaban J connectivity index is 2.73. The Hall–Kier alpha value is -1.62. The minimum atomic E-state index is 0.209. The molecule has 78 valence electrons. The van der Waals surface area contributed by atoms with Crippen molar-refractivity contribution in [2.75, 3.05) is 0 Å². The van der Waals surface area contributed by atoms with E-state index in [1.165, 1.54) is 0 Å². The Morgan fingerprint density at radius 2 is 2.07 bits per heavy atom. The summed E-state index contributed by atoms with van der Waals surface area (Å²) < 4.78 is 0. The maximum Gasteiger partial charge on any atom is 0.190 e. The van der Waals surface area contributed by atoms with Crippen LogP contribution in [0, 0.1) is 12.5 Å². The van der Waals surface area contributed by atoms with Crippen LogP contribution in [0.2, 0.25) is 0 Å². The summed E-state index contributed by atoms with van der Waals surface area (Å²) in [6, 6.07) is 7.30. The molecule has 1 aromatic rings. The van der Waals surface area contributed by atoms with E-state index in [1.807, 2.05) is 32.0 Å². The Labute approximate surface area is 90.8 Å². The van der Waals surface area contributed by atoms with Gasteiger partial charge in [-0.25, -0.2) is 4.85 Å². The second-order valence-electron chi connectivity index (χ2n) is 4.05. The van der Waals surface area contributed by atoms with Gasteiger partial charge in [-0.3, -0.25) is 4.79 Å². The van der Waals surface area contributed by atoms with Gasteiger partial charge in [0.15, 0.2) is 5.69 Å². The van der Waals surface area contributed by atoms with Gasteiger partial charge in [-0.15, -0.1) is 0 Å². The van der Waals surface area contributed by atoms with Crippen LogP contribution in [-0.2, 0) is 11.2 Å². The van der Waals surface area contributed by atoms with E-state index in [9.17, 15) is 4.79 Å². The molecule has 0 unspecified atom stereocenters. The predicted octanol–water partition coefficient (Wildman–Crippen LogP) is 3.40. The van der Waals surface area contributed by atoms with Crippen molar-refractivity contribution in [1.29, 1.82) is 0 Å². The number of Topliss-reactive ketones (excluding diaryl/α,β-unsaturated/α-hetero) is 1. The first kappa shape index (κ1) is 11.5. The molecular weight excluding hydrogens is 186 g/mol. The quantitative estimate of drug-likeness (QED) is 0.684. The molecule has 0 aliphatic carbocycles. The fourth-order valence-corrected chi connectivity index (χ4v) is 1.51. The average molecular weight is 201 g/mol. The van der Waals surface area contributed by atoms with E-state index in [-0.39, 0.29) is 5.78 Å². The van der Waals surface area contributed by atoms with E-state index < -0.39 is 0 Å². The molecule has 2 nitrogen and oxygen atoms in total. The van der Waals surface area contributed by atoms with Gasteiger partial charge < -0.3 is 0 Å². The molecule has 0 bridgehead atoms. The molecule has 0 fully saturated rings. The van der Waals surface area contributed by atoms with Crippen LogP contribution in [0.3, 0.4) is 0 Å². The largest absolute Gasteiger partial charge is 0.299 e. The van der Waals surface area contributed by atoms with Gasteiger partial charge >= 0.3 is 0 Å². The van der Waals surface area contributed by atoms with Gasteiger partial charge in [-0.2, -0.15) is 0 Å². The van der Waals surface area contributed by atoms with Crippen molar-refractivity contribution < 1.29 is 4.79 Å².